The highest BCUT2D eigenvalue weighted by Gasteiger charge is 2.42. The molecule has 0 amide bonds. The summed E-state index contributed by atoms with van der Waals surface area (Å²) < 4.78 is 2.43. The number of aliphatic imine (C=N–C) groups is 1. The van der Waals surface area contributed by atoms with Crippen molar-refractivity contribution in [2.24, 2.45) is 4.99 Å². The van der Waals surface area contributed by atoms with Gasteiger partial charge in [-0.1, -0.05) is 152 Å². The van der Waals surface area contributed by atoms with Crippen molar-refractivity contribution in [3.05, 3.63) is 205 Å². The van der Waals surface area contributed by atoms with E-state index in [-0.39, 0.29) is 0 Å². The summed E-state index contributed by atoms with van der Waals surface area (Å²) in [6.07, 6.45) is 0. The third-order valence-electron chi connectivity index (χ3n) is 11.6. The highest BCUT2D eigenvalue weighted by atomic mass is 15.0. The maximum Gasteiger partial charge on any atom is 0.0686 e. The highest BCUT2D eigenvalue weighted by molar-refractivity contribution is 6.26. The topological polar surface area (TPSA) is 17.3 Å². The predicted octanol–water partition coefficient (Wildman–Crippen LogP) is 13.4. The molecule has 0 radical (unpaired) electrons. The van der Waals surface area contributed by atoms with Crippen molar-refractivity contribution in [1.29, 1.82) is 0 Å². The summed E-state index contributed by atoms with van der Waals surface area (Å²) in [6, 6.07) is 68.6. The molecule has 1 unspecified atom stereocenters. The Morgan fingerprint density at radius 2 is 0.943 bits per heavy atom. The van der Waals surface area contributed by atoms with E-state index in [4.69, 9.17) is 4.99 Å². The molecule has 0 N–H and O–H groups in total. The molecule has 2 heterocycles. The molecule has 1 aliphatic rings. The van der Waals surface area contributed by atoms with Crippen LogP contribution in [-0.2, 0) is 5.41 Å². The van der Waals surface area contributed by atoms with E-state index in [0.29, 0.717) is 0 Å². The zero-order chi connectivity index (χ0) is 35.1. The van der Waals surface area contributed by atoms with Gasteiger partial charge in [0.25, 0.3) is 0 Å². The second kappa shape index (κ2) is 11.4. The van der Waals surface area contributed by atoms with Gasteiger partial charge in [0.1, 0.15) is 0 Å². The minimum absolute atomic E-state index is 0.414. The van der Waals surface area contributed by atoms with Crippen LogP contribution in [0.4, 0.5) is 5.69 Å². The molecule has 0 spiro atoms. The van der Waals surface area contributed by atoms with Gasteiger partial charge in [-0.2, -0.15) is 0 Å². The van der Waals surface area contributed by atoms with Gasteiger partial charge in [-0.05, 0) is 103 Å². The highest BCUT2D eigenvalue weighted by Crippen LogP contribution is 2.49. The Bertz CT molecular complexity index is 3060. The number of rotatable bonds is 4. The molecule has 1 aromatic heterocycles. The first-order valence-electron chi connectivity index (χ1n) is 18.4. The van der Waals surface area contributed by atoms with Crippen LogP contribution in [0.25, 0.3) is 70.9 Å². The summed E-state index contributed by atoms with van der Waals surface area (Å²) in [5.74, 6) is 0. The van der Waals surface area contributed by atoms with Gasteiger partial charge in [-0.25, -0.2) is 0 Å². The minimum Gasteiger partial charge on any atom is -0.309 e. The summed E-state index contributed by atoms with van der Waals surface area (Å²) in [7, 11) is 0. The molecule has 0 saturated heterocycles. The number of para-hydroxylation sites is 1. The van der Waals surface area contributed by atoms with Crippen LogP contribution < -0.4 is 0 Å². The van der Waals surface area contributed by atoms with Crippen molar-refractivity contribution in [3.8, 4) is 16.8 Å². The monoisotopic (exact) mass is 674 g/mol. The Kier molecular flexibility index (Phi) is 6.41. The Balaban J connectivity index is 1.08. The predicted molar refractivity (Wildman–Crippen MR) is 224 cm³/mol. The minimum atomic E-state index is -0.414. The number of hydrogen-bond acceptors (Lipinski definition) is 1. The Hall–Kier alpha value is -6.77. The first kappa shape index (κ1) is 29.9. The largest absolute Gasteiger partial charge is 0.309 e. The van der Waals surface area contributed by atoms with Crippen LogP contribution in [-0.4, -0.2) is 10.3 Å². The van der Waals surface area contributed by atoms with E-state index in [9.17, 15) is 0 Å². The lowest BCUT2D eigenvalue weighted by Gasteiger charge is -2.29. The first-order chi connectivity index (χ1) is 26.2. The van der Waals surface area contributed by atoms with Crippen LogP contribution in [0.15, 0.2) is 193 Å². The molecule has 53 heavy (non-hydrogen) atoms. The van der Waals surface area contributed by atoms with Crippen molar-refractivity contribution in [3.63, 3.8) is 0 Å². The summed E-state index contributed by atoms with van der Waals surface area (Å²) >= 11 is 0. The molecule has 2 nitrogen and oxygen atoms in total. The maximum absolute atomic E-state index is 5.40. The maximum atomic E-state index is 5.40. The van der Waals surface area contributed by atoms with Gasteiger partial charge in [0.05, 0.1) is 27.8 Å². The standard InChI is InChI=1S/C51H34N2/c1-51(36-16-6-3-7-17-36)46-32-49-45(31-47(46)52-50(51)34-14-4-2-5-15-34)43-22-12-13-23-48(43)53(49)37-27-24-33(25-28-37)35-26-29-42-40-20-9-8-18-38(40)39-19-10-11-21-41(39)44(42)30-35/h2-32H,1H3. The normalized spacial score (nSPS) is 15.5. The van der Waals surface area contributed by atoms with E-state index in [0.717, 1.165) is 22.6 Å². The molecule has 2 heteroatoms. The van der Waals surface area contributed by atoms with Crippen molar-refractivity contribution in [2.45, 2.75) is 12.3 Å². The molecular formula is C51H34N2. The van der Waals surface area contributed by atoms with Gasteiger partial charge in [0.15, 0.2) is 0 Å². The van der Waals surface area contributed by atoms with Gasteiger partial charge in [-0.3, -0.25) is 4.99 Å². The number of fused-ring (bicyclic) bond motifs is 10. The van der Waals surface area contributed by atoms with Crippen LogP contribution >= 0.6 is 0 Å². The van der Waals surface area contributed by atoms with Gasteiger partial charge < -0.3 is 4.57 Å². The lowest BCUT2D eigenvalue weighted by atomic mass is 9.71. The lowest BCUT2D eigenvalue weighted by Crippen LogP contribution is -2.31. The fourth-order valence-electron chi connectivity index (χ4n) is 9.04. The van der Waals surface area contributed by atoms with E-state index in [2.05, 4.69) is 200 Å². The van der Waals surface area contributed by atoms with Gasteiger partial charge in [-0.15, -0.1) is 0 Å². The number of benzene rings is 9. The Labute approximate surface area is 307 Å². The third-order valence-corrected chi connectivity index (χ3v) is 11.6. The van der Waals surface area contributed by atoms with Crippen LogP contribution in [0.5, 0.6) is 0 Å². The fraction of sp³-hybridized carbons (Fsp3) is 0.0392. The zero-order valence-corrected chi connectivity index (χ0v) is 29.3. The van der Waals surface area contributed by atoms with E-state index in [1.807, 2.05) is 0 Å². The molecule has 11 rings (SSSR count). The van der Waals surface area contributed by atoms with Crippen molar-refractivity contribution in [1.82, 2.24) is 4.57 Å². The number of nitrogens with zero attached hydrogens (tertiary/aromatic N) is 2. The van der Waals surface area contributed by atoms with Crippen LogP contribution in [0.2, 0.25) is 0 Å². The number of aromatic nitrogens is 1. The first-order valence-corrected chi connectivity index (χ1v) is 18.4. The van der Waals surface area contributed by atoms with E-state index in [1.54, 1.807) is 0 Å². The van der Waals surface area contributed by atoms with E-state index < -0.39 is 5.41 Å². The molecule has 0 bridgehead atoms. The second-order valence-electron chi connectivity index (χ2n) is 14.5. The summed E-state index contributed by atoms with van der Waals surface area (Å²) in [6.45, 7) is 2.34. The molecule has 10 aromatic rings. The summed E-state index contributed by atoms with van der Waals surface area (Å²) in [4.78, 5) is 5.40. The number of hydrogen-bond donors (Lipinski definition) is 0. The van der Waals surface area contributed by atoms with Gasteiger partial charge in [0.2, 0.25) is 0 Å². The molecule has 0 fully saturated rings. The lowest BCUT2D eigenvalue weighted by molar-refractivity contribution is 0.794. The molecule has 0 aliphatic carbocycles. The van der Waals surface area contributed by atoms with Crippen LogP contribution in [0.1, 0.15) is 23.6 Å². The quantitative estimate of drug-likeness (QED) is 0.165. The van der Waals surface area contributed by atoms with Crippen LogP contribution in [0.3, 0.4) is 0 Å². The fourth-order valence-corrected chi connectivity index (χ4v) is 9.04. The Morgan fingerprint density at radius 1 is 0.396 bits per heavy atom. The van der Waals surface area contributed by atoms with Gasteiger partial charge >= 0.3 is 0 Å². The molecular weight excluding hydrogens is 641 g/mol. The van der Waals surface area contributed by atoms with E-state index in [1.165, 1.54) is 76.4 Å². The van der Waals surface area contributed by atoms with E-state index >= 15 is 0 Å². The summed E-state index contributed by atoms with van der Waals surface area (Å²) in [5.41, 5.74) is 11.3. The second-order valence-corrected chi connectivity index (χ2v) is 14.5. The average molecular weight is 675 g/mol. The molecule has 0 saturated carbocycles. The average Bonchev–Trinajstić information content (AvgIpc) is 3.72. The van der Waals surface area contributed by atoms with Crippen molar-refractivity contribution < 1.29 is 0 Å². The van der Waals surface area contributed by atoms with Gasteiger partial charge in [0, 0.05) is 16.5 Å². The van der Waals surface area contributed by atoms with Crippen LogP contribution in [0, 0.1) is 0 Å². The smallest absolute Gasteiger partial charge is 0.0686 e. The van der Waals surface area contributed by atoms with Crippen molar-refractivity contribution in [2.75, 3.05) is 0 Å². The Morgan fingerprint density at radius 3 is 1.62 bits per heavy atom. The zero-order valence-electron chi connectivity index (χ0n) is 29.3. The SMILES string of the molecule is CC1(c2ccccc2)C(c2ccccc2)=Nc2cc3c4ccccc4n(-c4ccc(-c5ccc6c7ccccc7c7ccccc7c6c5)cc4)c3cc21. The summed E-state index contributed by atoms with van der Waals surface area (Å²) in [5, 5.41) is 10.2. The molecule has 1 aliphatic heterocycles. The molecule has 9 aromatic carbocycles. The third kappa shape index (κ3) is 4.36. The van der Waals surface area contributed by atoms with Crippen molar-refractivity contribution >= 4 is 65.5 Å². The molecule has 1 atom stereocenters. The molecule has 248 valence electrons.